The van der Waals surface area contributed by atoms with Gasteiger partial charge in [-0.25, -0.2) is 4.79 Å². The average molecular weight is 385 g/mol. The normalized spacial score (nSPS) is 10.1. The van der Waals surface area contributed by atoms with Gasteiger partial charge in [-0.2, -0.15) is 0 Å². The molecular formula is C25H23NO3. The molecule has 0 aliphatic heterocycles. The Hall–Kier alpha value is -3.66. The summed E-state index contributed by atoms with van der Waals surface area (Å²) in [5, 5.41) is 0. The number of carbonyl (C=O) groups excluding carboxylic acids is 2. The SMILES string of the molecule is COC(=O)C(CN(C(C)=O)c1ccccc1)=C(c1ccccc1)c1ccccc1. The average Bonchev–Trinajstić information content (AvgIpc) is 2.77. The van der Waals surface area contributed by atoms with Crippen molar-refractivity contribution in [2.24, 2.45) is 0 Å². The molecular weight excluding hydrogens is 362 g/mol. The van der Waals surface area contributed by atoms with Gasteiger partial charge < -0.3 is 9.64 Å². The van der Waals surface area contributed by atoms with Crippen LogP contribution in [0.25, 0.3) is 5.57 Å². The van der Waals surface area contributed by atoms with Crippen LogP contribution in [-0.4, -0.2) is 25.5 Å². The van der Waals surface area contributed by atoms with Crippen molar-refractivity contribution in [1.29, 1.82) is 0 Å². The van der Waals surface area contributed by atoms with Gasteiger partial charge in [0.1, 0.15) is 0 Å². The highest BCUT2D eigenvalue weighted by atomic mass is 16.5. The summed E-state index contributed by atoms with van der Waals surface area (Å²) >= 11 is 0. The number of para-hydroxylation sites is 1. The topological polar surface area (TPSA) is 46.6 Å². The summed E-state index contributed by atoms with van der Waals surface area (Å²) in [7, 11) is 1.36. The van der Waals surface area contributed by atoms with Crippen LogP contribution in [0.15, 0.2) is 96.6 Å². The zero-order chi connectivity index (χ0) is 20.6. The van der Waals surface area contributed by atoms with Gasteiger partial charge in [0.05, 0.1) is 19.2 Å². The first-order valence-electron chi connectivity index (χ1n) is 9.37. The number of amides is 1. The summed E-state index contributed by atoms with van der Waals surface area (Å²) in [4.78, 5) is 26.9. The second-order valence-corrected chi connectivity index (χ2v) is 6.52. The van der Waals surface area contributed by atoms with Crippen LogP contribution in [0.2, 0.25) is 0 Å². The minimum absolute atomic E-state index is 0.102. The maximum Gasteiger partial charge on any atom is 0.336 e. The molecule has 3 aromatic rings. The largest absolute Gasteiger partial charge is 0.466 e. The Kier molecular flexibility index (Phi) is 6.59. The van der Waals surface area contributed by atoms with Crippen LogP contribution < -0.4 is 4.90 Å². The molecule has 0 spiro atoms. The van der Waals surface area contributed by atoms with Crippen molar-refractivity contribution < 1.29 is 14.3 Å². The van der Waals surface area contributed by atoms with Crippen LogP contribution in [0, 0.1) is 0 Å². The highest BCUT2D eigenvalue weighted by Crippen LogP contribution is 2.29. The molecule has 0 unspecified atom stereocenters. The minimum Gasteiger partial charge on any atom is -0.466 e. The Morgan fingerprint density at radius 2 is 1.21 bits per heavy atom. The number of hydrogen-bond donors (Lipinski definition) is 0. The monoisotopic (exact) mass is 385 g/mol. The first-order valence-corrected chi connectivity index (χ1v) is 9.37. The third-order valence-electron chi connectivity index (χ3n) is 4.62. The molecule has 0 N–H and O–H groups in total. The first kappa shape index (κ1) is 20.1. The fraction of sp³-hybridized carbons (Fsp3) is 0.120. The molecule has 0 saturated heterocycles. The van der Waals surface area contributed by atoms with Crippen LogP contribution in [0.5, 0.6) is 0 Å². The second-order valence-electron chi connectivity index (χ2n) is 6.52. The molecule has 3 aromatic carbocycles. The number of methoxy groups -OCH3 is 1. The molecule has 0 radical (unpaired) electrons. The van der Waals surface area contributed by atoms with Gasteiger partial charge in [0.25, 0.3) is 0 Å². The van der Waals surface area contributed by atoms with E-state index in [-0.39, 0.29) is 12.5 Å². The van der Waals surface area contributed by atoms with Crippen LogP contribution in [0.1, 0.15) is 18.1 Å². The van der Waals surface area contributed by atoms with Crippen molar-refractivity contribution in [3.8, 4) is 0 Å². The Morgan fingerprint density at radius 1 is 0.759 bits per heavy atom. The highest BCUT2D eigenvalue weighted by molar-refractivity contribution is 6.04. The molecule has 1 amide bonds. The van der Waals surface area contributed by atoms with E-state index in [0.717, 1.165) is 22.4 Å². The summed E-state index contributed by atoms with van der Waals surface area (Å²) < 4.78 is 5.12. The van der Waals surface area contributed by atoms with Gasteiger partial charge in [0, 0.05) is 18.2 Å². The molecule has 3 rings (SSSR count). The van der Waals surface area contributed by atoms with E-state index in [1.165, 1.54) is 14.0 Å². The number of nitrogens with zero attached hydrogens (tertiary/aromatic N) is 1. The number of anilines is 1. The fourth-order valence-electron chi connectivity index (χ4n) is 3.24. The van der Waals surface area contributed by atoms with Crippen molar-refractivity contribution >= 4 is 23.1 Å². The van der Waals surface area contributed by atoms with Crippen LogP contribution >= 0.6 is 0 Å². The fourth-order valence-corrected chi connectivity index (χ4v) is 3.24. The quantitative estimate of drug-likeness (QED) is 0.456. The number of esters is 1. The number of ether oxygens (including phenoxy) is 1. The molecule has 0 aliphatic carbocycles. The van der Waals surface area contributed by atoms with Crippen LogP contribution in [-0.2, 0) is 14.3 Å². The third-order valence-corrected chi connectivity index (χ3v) is 4.62. The number of hydrogen-bond acceptors (Lipinski definition) is 3. The van der Waals surface area contributed by atoms with E-state index in [1.807, 2.05) is 91.0 Å². The predicted molar refractivity (Wildman–Crippen MR) is 115 cm³/mol. The van der Waals surface area contributed by atoms with Crippen LogP contribution in [0.3, 0.4) is 0 Å². The highest BCUT2D eigenvalue weighted by Gasteiger charge is 2.24. The molecule has 0 aliphatic rings. The van der Waals surface area contributed by atoms with Gasteiger partial charge in [-0.05, 0) is 23.3 Å². The summed E-state index contributed by atoms with van der Waals surface area (Å²) in [5.74, 6) is -0.618. The Morgan fingerprint density at radius 3 is 1.62 bits per heavy atom. The maximum absolute atomic E-state index is 12.9. The van der Waals surface area contributed by atoms with Gasteiger partial charge in [0.2, 0.25) is 5.91 Å². The lowest BCUT2D eigenvalue weighted by molar-refractivity contribution is -0.136. The predicted octanol–water partition coefficient (Wildman–Crippen LogP) is 4.71. The first-order chi connectivity index (χ1) is 14.1. The summed E-state index contributed by atoms with van der Waals surface area (Å²) in [5.41, 5.74) is 3.66. The molecule has 4 heteroatoms. The lowest BCUT2D eigenvalue weighted by Gasteiger charge is -2.24. The van der Waals surface area contributed by atoms with E-state index in [9.17, 15) is 9.59 Å². The molecule has 29 heavy (non-hydrogen) atoms. The van der Waals surface area contributed by atoms with Crippen LogP contribution in [0.4, 0.5) is 5.69 Å². The molecule has 0 fully saturated rings. The Balaban J connectivity index is 2.21. The molecule has 4 nitrogen and oxygen atoms in total. The van der Waals surface area contributed by atoms with E-state index < -0.39 is 5.97 Å². The van der Waals surface area contributed by atoms with Gasteiger partial charge in [-0.3, -0.25) is 4.79 Å². The summed E-state index contributed by atoms with van der Waals surface area (Å²) in [6.07, 6.45) is 0. The molecule has 0 saturated carbocycles. The maximum atomic E-state index is 12.9. The van der Waals surface area contributed by atoms with Gasteiger partial charge in [-0.1, -0.05) is 78.9 Å². The Bertz CT molecular complexity index is 955. The van der Waals surface area contributed by atoms with Gasteiger partial charge in [0.15, 0.2) is 0 Å². The Labute approximate surface area is 171 Å². The summed E-state index contributed by atoms with van der Waals surface area (Å²) in [6.45, 7) is 1.59. The smallest absolute Gasteiger partial charge is 0.336 e. The van der Waals surface area contributed by atoms with E-state index in [2.05, 4.69) is 0 Å². The zero-order valence-electron chi connectivity index (χ0n) is 16.5. The zero-order valence-corrected chi connectivity index (χ0v) is 16.5. The summed E-state index contributed by atoms with van der Waals surface area (Å²) in [6, 6.07) is 28.7. The lowest BCUT2D eigenvalue weighted by atomic mass is 9.92. The molecule has 0 aromatic heterocycles. The van der Waals surface area contributed by atoms with Gasteiger partial charge >= 0.3 is 5.97 Å². The molecule has 0 heterocycles. The lowest BCUT2D eigenvalue weighted by Crippen LogP contribution is -2.33. The van der Waals surface area contributed by atoms with Gasteiger partial charge in [-0.15, -0.1) is 0 Å². The molecule has 0 bridgehead atoms. The van der Waals surface area contributed by atoms with Crippen molar-refractivity contribution in [3.63, 3.8) is 0 Å². The standard InChI is InChI=1S/C25H23NO3/c1-19(27)26(22-16-10-5-11-17-22)18-23(25(28)29-2)24(20-12-6-3-7-13-20)21-14-8-4-9-15-21/h3-17H,18H2,1-2H3. The number of rotatable bonds is 6. The molecule has 0 atom stereocenters. The van der Waals surface area contributed by atoms with E-state index in [1.54, 1.807) is 4.90 Å². The third kappa shape index (κ3) is 4.79. The van der Waals surface area contributed by atoms with Crippen molar-refractivity contribution in [3.05, 3.63) is 108 Å². The molecule has 146 valence electrons. The number of carbonyl (C=O) groups is 2. The minimum atomic E-state index is -0.463. The van der Waals surface area contributed by atoms with E-state index >= 15 is 0 Å². The van der Waals surface area contributed by atoms with Crippen molar-refractivity contribution in [2.45, 2.75) is 6.92 Å². The number of benzene rings is 3. The van der Waals surface area contributed by atoms with Crippen molar-refractivity contribution in [1.82, 2.24) is 0 Å². The van der Waals surface area contributed by atoms with E-state index in [4.69, 9.17) is 4.74 Å². The second kappa shape index (κ2) is 9.51. The van der Waals surface area contributed by atoms with E-state index in [0.29, 0.717) is 5.57 Å². The van der Waals surface area contributed by atoms with Crippen molar-refractivity contribution in [2.75, 3.05) is 18.6 Å².